The first kappa shape index (κ1) is 21.8. The molecule has 9 heteroatoms. The van der Waals surface area contributed by atoms with Crippen LogP contribution < -0.4 is 10.1 Å². The van der Waals surface area contributed by atoms with Gasteiger partial charge in [-0.3, -0.25) is 14.9 Å². The van der Waals surface area contributed by atoms with Crippen LogP contribution in [0.5, 0.6) is 5.75 Å². The number of nitrogens with one attached hydrogen (secondary N) is 1. The summed E-state index contributed by atoms with van der Waals surface area (Å²) >= 11 is 6.05. The summed E-state index contributed by atoms with van der Waals surface area (Å²) in [5.74, 6) is 0.283. The number of carbonyl (C=O) groups is 2. The van der Waals surface area contributed by atoms with E-state index in [-0.39, 0.29) is 23.7 Å². The third-order valence-electron chi connectivity index (χ3n) is 5.50. The van der Waals surface area contributed by atoms with E-state index in [0.29, 0.717) is 48.8 Å². The van der Waals surface area contributed by atoms with Crippen molar-refractivity contribution in [3.8, 4) is 5.75 Å². The first-order valence-electron chi connectivity index (χ1n) is 10.4. The fourth-order valence-corrected chi connectivity index (χ4v) is 3.95. The predicted octanol–water partition coefficient (Wildman–Crippen LogP) is 3.48. The summed E-state index contributed by atoms with van der Waals surface area (Å²) in [6.07, 6.45) is 2.72. The zero-order chi connectivity index (χ0) is 22.5. The van der Waals surface area contributed by atoms with Crippen LogP contribution in [-0.2, 0) is 11.3 Å². The van der Waals surface area contributed by atoms with E-state index in [0.717, 1.165) is 5.56 Å². The highest BCUT2D eigenvalue weighted by atomic mass is 35.5. The SMILES string of the molecule is COc1ccc(Cl)cc1C(=O)N1CCC(C(=O)Nc2ncn(Cc3ccccc3)n2)CC1. The predicted molar refractivity (Wildman–Crippen MR) is 121 cm³/mol. The van der Waals surface area contributed by atoms with E-state index in [1.807, 2.05) is 30.3 Å². The smallest absolute Gasteiger partial charge is 0.257 e. The number of piperidine rings is 1. The maximum absolute atomic E-state index is 12.9. The lowest BCUT2D eigenvalue weighted by atomic mass is 9.95. The van der Waals surface area contributed by atoms with E-state index in [4.69, 9.17) is 16.3 Å². The lowest BCUT2D eigenvalue weighted by molar-refractivity contribution is -0.121. The highest BCUT2D eigenvalue weighted by Gasteiger charge is 2.29. The lowest BCUT2D eigenvalue weighted by Gasteiger charge is -2.31. The number of likely N-dealkylation sites (tertiary alicyclic amines) is 1. The van der Waals surface area contributed by atoms with Gasteiger partial charge in [0.25, 0.3) is 5.91 Å². The number of hydrogen-bond acceptors (Lipinski definition) is 5. The van der Waals surface area contributed by atoms with E-state index in [9.17, 15) is 9.59 Å². The monoisotopic (exact) mass is 453 g/mol. The van der Waals surface area contributed by atoms with Gasteiger partial charge < -0.3 is 9.64 Å². The second-order valence-corrected chi connectivity index (χ2v) is 8.09. The zero-order valence-corrected chi connectivity index (χ0v) is 18.5. The van der Waals surface area contributed by atoms with Crippen molar-refractivity contribution in [1.82, 2.24) is 19.7 Å². The Balaban J connectivity index is 1.31. The Bertz CT molecular complexity index is 1090. The number of hydrogen-bond donors (Lipinski definition) is 1. The molecule has 0 radical (unpaired) electrons. The normalized spacial score (nSPS) is 14.2. The minimum absolute atomic E-state index is 0.130. The fourth-order valence-electron chi connectivity index (χ4n) is 3.77. The van der Waals surface area contributed by atoms with Crippen molar-refractivity contribution in [2.75, 3.05) is 25.5 Å². The van der Waals surface area contributed by atoms with Crippen LogP contribution in [0.2, 0.25) is 5.02 Å². The van der Waals surface area contributed by atoms with Crippen LogP contribution in [0.3, 0.4) is 0 Å². The summed E-state index contributed by atoms with van der Waals surface area (Å²) in [5.41, 5.74) is 1.53. The highest BCUT2D eigenvalue weighted by Crippen LogP contribution is 2.26. The largest absolute Gasteiger partial charge is 0.496 e. The summed E-state index contributed by atoms with van der Waals surface area (Å²) in [6, 6.07) is 14.9. The molecule has 0 saturated carbocycles. The second-order valence-electron chi connectivity index (χ2n) is 7.65. The van der Waals surface area contributed by atoms with E-state index in [2.05, 4.69) is 15.4 Å². The van der Waals surface area contributed by atoms with Gasteiger partial charge in [-0.25, -0.2) is 9.67 Å². The maximum atomic E-state index is 12.9. The molecule has 2 heterocycles. The van der Waals surface area contributed by atoms with Crippen LogP contribution in [0.15, 0.2) is 54.9 Å². The molecule has 1 aliphatic heterocycles. The number of carbonyl (C=O) groups excluding carboxylic acids is 2. The van der Waals surface area contributed by atoms with Gasteiger partial charge in [-0.2, -0.15) is 0 Å². The molecule has 2 amide bonds. The first-order valence-corrected chi connectivity index (χ1v) is 10.8. The maximum Gasteiger partial charge on any atom is 0.257 e. The van der Waals surface area contributed by atoms with Gasteiger partial charge in [0.15, 0.2) is 0 Å². The molecular formula is C23H24ClN5O3. The van der Waals surface area contributed by atoms with Gasteiger partial charge in [-0.15, -0.1) is 5.10 Å². The topological polar surface area (TPSA) is 89.4 Å². The number of rotatable bonds is 6. The molecule has 0 atom stereocenters. The molecule has 166 valence electrons. The first-order chi connectivity index (χ1) is 15.5. The Morgan fingerprint density at radius 1 is 1.16 bits per heavy atom. The minimum atomic E-state index is -0.207. The number of ether oxygens (including phenoxy) is 1. The van der Waals surface area contributed by atoms with Crippen molar-refractivity contribution in [1.29, 1.82) is 0 Å². The average Bonchev–Trinajstić information content (AvgIpc) is 3.25. The van der Waals surface area contributed by atoms with Gasteiger partial charge in [0.1, 0.15) is 12.1 Å². The van der Waals surface area contributed by atoms with E-state index >= 15 is 0 Å². The molecule has 0 bridgehead atoms. The molecule has 1 saturated heterocycles. The summed E-state index contributed by atoms with van der Waals surface area (Å²) in [5, 5.41) is 7.60. The van der Waals surface area contributed by atoms with Crippen LogP contribution in [0.25, 0.3) is 0 Å². The zero-order valence-electron chi connectivity index (χ0n) is 17.7. The van der Waals surface area contributed by atoms with Crippen molar-refractivity contribution in [2.24, 2.45) is 5.92 Å². The number of methoxy groups -OCH3 is 1. The molecule has 32 heavy (non-hydrogen) atoms. The Kier molecular flexibility index (Phi) is 6.70. The molecular weight excluding hydrogens is 430 g/mol. The molecule has 1 aliphatic rings. The van der Waals surface area contributed by atoms with Crippen molar-refractivity contribution in [2.45, 2.75) is 19.4 Å². The van der Waals surface area contributed by atoms with Gasteiger partial charge in [0.2, 0.25) is 11.9 Å². The van der Waals surface area contributed by atoms with Gasteiger partial charge >= 0.3 is 0 Å². The molecule has 4 rings (SSSR count). The Morgan fingerprint density at radius 3 is 2.62 bits per heavy atom. The van der Waals surface area contributed by atoms with Crippen molar-refractivity contribution in [3.63, 3.8) is 0 Å². The van der Waals surface area contributed by atoms with Crippen LogP contribution in [0.1, 0.15) is 28.8 Å². The highest BCUT2D eigenvalue weighted by molar-refractivity contribution is 6.31. The van der Waals surface area contributed by atoms with Gasteiger partial charge in [-0.1, -0.05) is 41.9 Å². The van der Waals surface area contributed by atoms with Gasteiger partial charge in [-0.05, 0) is 36.6 Å². The second kappa shape index (κ2) is 9.82. The summed E-state index contributed by atoms with van der Waals surface area (Å²) < 4.78 is 6.98. The molecule has 0 aliphatic carbocycles. The number of aromatic nitrogens is 3. The van der Waals surface area contributed by atoms with Gasteiger partial charge in [0.05, 0.1) is 19.2 Å². The van der Waals surface area contributed by atoms with E-state index in [1.54, 1.807) is 34.1 Å². The summed E-state index contributed by atoms with van der Waals surface area (Å²) in [7, 11) is 1.52. The average molecular weight is 454 g/mol. The van der Waals surface area contributed by atoms with E-state index < -0.39 is 0 Å². The summed E-state index contributed by atoms with van der Waals surface area (Å²) in [4.78, 5) is 31.5. The Hall–Kier alpha value is -3.39. The van der Waals surface area contributed by atoms with Crippen molar-refractivity contribution in [3.05, 3.63) is 71.0 Å². The Morgan fingerprint density at radius 2 is 1.91 bits per heavy atom. The molecule has 1 fully saturated rings. The Labute approximate surface area is 191 Å². The molecule has 3 aromatic rings. The number of benzene rings is 2. The minimum Gasteiger partial charge on any atom is -0.496 e. The van der Waals surface area contributed by atoms with Crippen molar-refractivity contribution >= 4 is 29.4 Å². The van der Waals surface area contributed by atoms with Gasteiger partial charge in [0, 0.05) is 24.0 Å². The van der Waals surface area contributed by atoms with Crippen LogP contribution >= 0.6 is 11.6 Å². The molecule has 2 aromatic carbocycles. The molecule has 1 aromatic heterocycles. The summed E-state index contributed by atoms with van der Waals surface area (Å²) in [6.45, 7) is 1.53. The number of nitrogens with zero attached hydrogens (tertiary/aromatic N) is 4. The third kappa shape index (κ3) is 5.08. The number of amides is 2. The van der Waals surface area contributed by atoms with Crippen LogP contribution in [0, 0.1) is 5.92 Å². The van der Waals surface area contributed by atoms with E-state index in [1.165, 1.54) is 7.11 Å². The van der Waals surface area contributed by atoms with Crippen LogP contribution in [0.4, 0.5) is 5.95 Å². The third-order valence-corrected chi connectivity index (χ3v) is 5.74. The quantitative estimate of drug-likeness (QED) is 0.617. The molecule has 0 unspecified atom stereocenters. The fraction of sp³-hybridized carbons (Fsp3) is 0.304. The standard InChI is InChI=1S/C23H24ClN5O3/c1-32-20-8-7-18(24)13-19(20)22(31)28-11-9-17(10-12-28)21(30)26-23-25-15-29(27-23)14-16-5-3-2-4-6-16/h2-8,13,15,17H,9-12,14H2,1H3,(H,26,27,30). The van der Waals surface area contributed by atoms with Crippen molar-refractivity contribution < 1.29 is 14.3 Å². The molecule has 8 nitrogen and oxygen atoms in total. The van der Waals surface area contributed by atoms with Crippen LogP contribution in [-0.4, -0.2) is 51.7 Å². The number of halogens is 1. The molecule has 1 N–H and O–H groups in total. The lowest BCUT2D eigenvalue weighted by Crippen LogP contribution is -2.41. The molecule has 0 spiro atoms. The number of anilines is 1.